The van der Waals surface area contributed by atoms with Crippen molar-refractivity contribution < 1.29 is 0 Å². The van der Waals surface area contributed by atoms with Gasteiger partial charge in [0.15, 0.2) is 0 Å². The van der Waals surface area contributed by atoms with Gasteiger partial charge in [0, 0.05) is 25.7 Å². The molecule has 1 atom stereocenters. The molecule has 2 aliphatic rings. The van der Waals surface area contributed by atoms with Gasteiger partial charge in [-0.05, 0) is 38.1 Å². The SMILES string of the molecule is CCC1CCCN(CCNC2CCCCC2)C1. The Morgan fingerprint density at radius 3 is 2.65 bits per heavy atom. The fourth-order valence-electron chi connectivity index (χ4n) is 3.42. The van der Waals surface area contributed by atoms with Gasteiger partial charge in [-0.25, -0.2) is 0 Å². The fourth-order valence-corrected chi connectivity index (χ4v) is 3.42. The Hall–Kier alpha value is -0.0800. The Labute approximate surface area is 107 Å². The first-order valence-electron chi connectivity index (χ1n) is 7.84. The zero-order valence-corrected chi connectivity index (χ0v) is 11.6. The first kappa shape index (κ1) is 13.4. The van der Waals surface area contributed by atoms with Gasteiger partial charge in [0.1, 0.15) is 0 Å². The number of likely N-dealkylation sites (tertiary alicyclic amines) is 1. The maximum atomic E-state index is 3.76. The summed E-state index contributed by atoms with van der Waals surface area (Å²) in [7, 11) is 0. The second-order valence-corrected chi connectivity index (χ2v) is 6.01. The molecule has 2 nitrogen and oxygen atoms in total. The molecule has 0 aromatic heterocycles. The summed E-state index contributed by atoms with van der Waals surface area (Å²) in [6.45, 7) is 7.51. The predicted octanol–water partition coefficient (Wildman–Crippen LogP) is 3.03. The lowest BCUT2D eigenvalue weighted by Gasteiger charge is -2.33. The lowest BCUT2D eigenvalue weighted by molar-refractivity contribution is 0.169. The van der Waals surface area contributed by atoms with Crippen molar-refractivity contribution in [3.05, 3.63) is 0 Å². The van der Waals surface area contributed by atoms with E-state index in [2.05, 4.69) is 17.1 Å². The third-order valence-corrected chi connectivity index (χ3v) is 4.65. The highest BCUT2D eigenvalue weighted by molar-refractivity contribution is 4.75. The maximum Gasteiger partial charge on any atom is 0.0107 e. The molecule has 0 aromatic carbocycles. The van der Waals surface area contributed by atoms with E-state index in [1.165, 1.54) is 77.5 Å². The van der Waals surface area contributed by atoms with Crippen LogP contribution in [-0.2, 0) is 0 Å². The molecule has 2 rings (SSSR count). The average molecular weight is 238 g/mol. The molecule has 17 heavy (non-hydrogen) atoms. The van der Waals surface area contributed by atoms with Crippen LogP contribution in [0.2, 0.25) is 0 Å². The Morgan fingerprint density at radius 1 is 1.06 bits per heavy atom. The standard InChI is InChI=1S/C15H30N2/c1-2-14-7-6-11-17(13-14)12-10-16-15-8-4-3-5-9-15/h14-16H,2-13H2,1H3. The molecular formula is C15H30N2. The van der Waals surface area contributed by atoms with Crippen LogP contribution < -0.4 is 5.32 Å². The van der Waals surface area contributed by atoms with E-state index in [1.54, 1.807) is 0 Å². The molecule has 1 aliphatic heterocycles. The molecule has 1 aliphatic carbocycles. The number of hydrogen-bond acceptors (Lipinski definition) is 2. The quantitative estimate of drug-likeness (QED) is 0.792. The minimum Gasteiger partial charge on any atom is -0.313 e. The minimum absolute atomic E-state index is 0.829. The minimum atomic E-state index is 0.829. The van der Waals surface area contributed by atoms with E-state index >= 15 is 0 Å². The van der Waals surface area contributed by atoms with Crippen LogP contribution in [-0.4, -0.2) is 37.1 Å². The molecule has 0 radical (unpaired) electrons. The Morgan fingerprint density at radius 2 is 1.88 bits per heavy atom. The highest BCUT2D eigenvalue weighted by atomic mass is 15.1. The molecule has 1 saturated carbocycles. The van der Waals surface area contributed by atoms with Gasteiger partial charge in [-0.15, -0.1) is 0 Å². The molecule has 1 unspecified atom stereocenters. The van der Waals surface area contributed by atoms with Crippen LogP contribution in [0.3, 0.4) is 0 Å². The molecule has 2 heteroatoms. The zero-order chi connectivity index (χ0) is 11.9. The van der Waals surface area contributed by atoms with Gasteiger partial charge in [0.25, 0.3) is 0 Å². The molecule has 0 bridgehead atoms. The van der Waals surface area contributed by atoms with E-state index in [0.29, 0.717) is 0 Å². The van der Waals surface area contributed by atoms with Crippen LogP contribution in [0.5, 0.6) is 0 Å². The van der Waals surface area contributed by atoms with Gasteiger partial charge < -0.3 is 10.2 Å². The first-order chi connectivity index (χ1) is 8.38. The van der Waals surface area contributed by atoms with Crippen LogP contribution >= 0.6 is 0 Å². The smallest absolute Gasteiger partial charge is 0.0107 e. The number of nitrogens with zero attached hydrogens (tertiary/aromatic N) is 1. The lowest BCUT2D eigenvalue weighted by atomic mass is 9.95. The summed E-state index contributed by atoms with van der Waals surface area (Å²) in [6, 6.07) is 0.829. The largest absolute Gasteiger partial charge is 0.313 e. The lowest BCUT2D eigenvalue weighted by Crippen LogP contribution is -2.42. The van der Waals surface area contributed by atoms with Gasteiger partial charge in [-0.2, -0.15) is 0 Å². The van der Waals surface area contributed by atoms with E-state index in [4.69, 9.17) is 0 Å². The van der Waals surface area contributed by atoms with Crippen molar-refractivity contribution in [2.45, 2.75) is 64.3 Å². The van der Waals surface area contributed by atoms with Crippen molar-refractivity contribution in [2.75, 3.05) is 26.2 Å². The second kappa shape index (κ2) is 7.38. The molecule has 1 N–H and O–H groups in total. The predicted molar refractivity (Wildman–Crippen MR) is 74.3 cm³/mol. The van der Waals surface area contributed by atoms with E-state index in [1.807, 2.05) is 0 Å². The number of piperidine rings is 1. The van der Waals surface area contributed by atoms with Gasteiger partial charge in [0.05, 0.1) is 0 Å². The summed E-state index contributed by atoms with van der Waals surface area (Å²) >= 11 is 0. The van der Waals surface area contributed by atoms with Crippen LogP contribution in [0.4, 0.5) is 0 Å². The van der Waals surface area contributed by atoms with Gasteiger partial charge in [0.2, 0.25) is 0 Å². The van der Waals surface area contributed by atoms with Crippen molar-refractivity contribution in [1.29, 1.82) is 0 Å². The topological polar surface area (TPSA) is 15.3 Å². The Bertz CT molecular complexity index is 199. The van der Waals surface area contributed by atoms with E-state index in [9.17, 15) is 0 Å². The van der Waals surface area contributed by atoms with Crippen LogP contribution in [0.15, 0.2) is 0 Å². The van der Waals surface area contributed by atoms with Crippen molar-refractivity contribution >= 4 is 0 Å². The summed E-state index contributed by atoms with van der Waals surface area (Å²) in [5.74, 6) is 0.971. The molecular weight excluding hydrogens is 208 g/mol. The molecule has 1 heterocycles. The fraction of sp³-hybridized carbons (Fsp3) is 1.00. The highest BCUT2D eigenvalue weighted by Gasteiger charge is 2.18. The van der Waals surface area contributed by atoms with Crippen molar-refractivity contribution in [3.8, 4) is 0 Å². The highest BCUT2D eigenvalue weighted by Crippen LogP contribution is 2.19. The third kappa shape index (κ3) is 4.59. The number of nitrogens with one attached hydrogen (secondary N) is 1. The van der Waals surface area contributed by atoms with E-state index in [-0.39, 0.29) is 0 Å². The van der Waals surface area contributed by atoms with E-state index in [0.717, 1.165) is 12.0 Å². The molecule has 0 spiro atoms. The summed E-state index contributed by atoms with van der Waals surface area (Å²) in [6.07, 6.45) is 11.4. The molecule has 100 valence electrons. The van der Waals surface area contributed by atoms with Crippen molar-refractivity contribution in [3.63, 3.8) is 0 Å². The van der Waals surface area contributed by atoms with Crippen LogP contribution in [0.1, 0.15) is 58.3 Å². The van der Waals surface area contributed by atoms with Crippen molar-refractivity contribution in [1.82, 2.24) is 10.2 Å². The monoisotopic (exact) mass is 238 g/mol. The summed E-state index contributed by atoms with van der Waals surface area (Å²) < 4.78 is 0. The number of hydrogen-bond donors (Lipinski definition) is 1. The Kier molecular flexibility index (Phi) is 5.79. The summed E-state index contributed by atoms with van der Waals surface area (Å²) in [4.78, 5) is 2.67. The van der Waals surface area contributed by atoms with E-state index < -0.39 is 0 Å². The molecule has 2 fully saturated rings. The van der Waals surface area contributed by atoms with Crippen LogP contribution in [0.25, 0.3) is 0 Å². The van der Waals surface area contributed by atoms with Gasteiger partial charge in [-0.3, -0.25) is 0 Å². The molecule has 0 amide bonds. The van der Waals surface area contributed by atoms with Crippen LogP contribution in [0, 0.1) is 5.92 Å². The van der Waals surface area contributed by atoms with Gasteiger partial charge >= 0.3 is 0 Å². The Balaban J connectivity index is 1.57. The third-order valence-electron chi connectivity index (χ3n) is 4.65. The summed E-state index contributed by atoms with van der Waals surface area (Å²) in [5, 5.41) is 3.76. The zero-order valence-electron chi connectivity index (χ0n) is 11.6. The second-order valence-electron chi connectivity index (χ2n) is 6.01. The maximum absolute atomic E-state index is 3.76. The molecule has 1 saturated heterocycles. The normalized spacial score (nSPS) is 28.4. The van der Waals surface area contributed by atoms with Crippen molar-refractivity contribution in [2.24, 2.45) is 5.92 Å². The average Bonchev–Trinajstić information content (AvgIpc) is 2.40. The van der Waals surface area contributed by atoms with Gasteiger partial charge in [-0.1, -0.05) is 32.6 Å². The number of rotatable bonds is 5. The molecule has 0 aromatic rings. The first-order valence-corrected chi connectivity index (χ1v) is 7.84. The summed E-state index contributed by atoms with van der Waals surface area (Å²) in [5.41, 5.74) is 0.